The molecule has 0 heterocycles. The average Bonchev–Trinajstić information content (AvgIpc) is 2.89. The van der Waals surface area contributed by atoms with Gasteiger partial charge in [0.2, 0.25) is 0 Å². The molecule has 0 aliphatic carbocycles. The number of hydrogen-bond acceptors (Lipinski definition) is 3. The summed E-state index contributed by atoms with van der Waals surface area (Å²) in [5.74, 6) is 0.185. The summed E-state index contributed by atoms with van der Waals surface area (Å²) in [5.41, 5.74) is 1.19. The molecule has 0 bridgehead atoms. The van der Waals surface area contributed by atoms with E-state index in [2.05, 4.69) is 96.0 Å². The van der Waals surface area contributed by atoms with Gasteiger partial charge in [-0.25, -0.2) is 0 Å². The van der Waals surface area contributed by atoms with E-state index in [1.165, 1.54) is 15.9 Å². The van der Waals surface area contributed by atoms with Crippen molar-refractivity contribution in [2.75, 3.05) is 6.61 Å². The topological polar surface area (TPSA) is 52.8 Å². The normalized spacial score (nSPS) is 12.2. The van der Waals surface area contributed by atoms with Gasteiger partial charge in [-0.05, 0) is 67.9 Å². The summed E-state index contributed by atoms with van der Waals surface area (Å²) in [6.07, 6.45) is 2.48. The first kappa shape index (κ1) is 23.9. The molecule has 4 rings (SSSR count). The molecular formula is C30H31NO2P+. The van der Waals surface area contributed by atoms with Crippen molar-refractivity contribution in [2.45, 2.75) is 25.5 Å². The van der Waals surface area contributed by atoms with Gasteiger partial charge in [0.1, 0.15) is 28.9 Å². The van der Waals surface area contributed by atoms with Crippen LogP contribution in [0.4, 0.5) is 0 Å². The molecule has 4 heteroatoms. The number of aliphatic imine (C=N–C) groups is 1. The van der Waals surface area contributed by atoms with Gasteiger partial charge in [0.15, 0.2) is 0 Å². The summed E-state index contributed by atoms with van der Waals surface area (Å²) >= 11 is 0. The summed E-state index contributed by atoms with van der Waals surface area (Å²) in [6, 6.07) is 38.1. The second-order valence-corrected chi connectivity index (χ2v) is 12.6. The second-order valence-electron chi connectivity index (χ2n) is 9.10. The molecule has 0 amide bonds. The van der Waals surface area contributed by atoms with Crippen LogP contribution in [0.5, 0.6) is 5.75 Å². The Kier molecular flexibility index (Phi) is 7.26. The number of phenolic OH excluding ortho intramolecular Hbond substituents is 1. The highest BCUT2D eigenvalue weighted by Crippen LogP contribution is 2.58. The predicted octanol–water partition coefficient (Wildman–Crippen LogP) is 5.08. The first-order valence-corrected chi connectivity index (χ1v) is 13.4. The molecule has 0 unspecified atom stereocenters. The fraction of sp³-hybridized carbons (Fsp3) is 0.167. The van der Waals surface area contributed by atoms with E-state index in [0.717, 1.165) is 11.7 Å². The summed E-state index contributed by atoms with van der Waals surface area (Å²) in [5, 5.41) is 24.0. The number of aliphatic hydroxyl groups excluding tert-OH is 1. The van der Waals surface area contributed by atoms with Gasteiger partial charge < -0.3 is 10.2 Å². The Hall–Kier alpha value is -3.26. The van der Waals surface area contributed by atoms with E-state index in [0.29, 0.717) is 5.56 Å². The van der Waals surface area contributed by atoms with Crippen LogP contribution in [-0.2, 0) is 6.16 Å². The zero-order valence-corrected chi connectivity index (χ0v) is 20.6. The number of aliphatic hydroxyl groups is 1. The Labute approximate surface area is 202 Å². The van der Waals surface area contributed by atoms with Crippen molar-refractivity contribution in [3.8, 4) is 5.75 Å². The molecule has 0 radical (unpaired) electrons. The van der Waals surface area contributed by atoms with Crippen molar-refractivity contribution in [1.29, 1.82) is 0 Å². The maximum atomic E-state index is 10.5. The maximum absolute atomic E-state index is 10.5. The minimum Gasteiger partial charge on any atom is -0.507 e. The molecule has 0 spiro atoms. The quantitative estimate of drug-likeness (QED) is 0.280. The third kappa shape index (κ3) is 5.12. The van der Waals surface area contributed by atoms with Gasteiger partial charge >= 0.3 is 0 Å². The molecule has 172 valence electrons. The SMILES string of the molecule is CC(C)(CO)N=Cc1cc(C[P+](c2ccccc2)(c2ccccc2)c2ccccc2)ccc1O. The first-order chi connectivity index (χ1) is 16.4. The maximum Gasteiger partial charge on any atom is 0.124 e. The zero-order valence-electron chi connectivity index (χ0n) is 19.7. The highest BCUT2D eigenvalue weighted by atomic mass is 31.2. The molecule has 0 aliphatic heterocycles. The Bertz CT molecular complexity index is 1140. The van der Waals surface area contributed by atoms with Gasteiger partial charge in [-0.1, -0.05) is 60.7 Å². The number of aromatic hydroxyl groups is 1. The van der Waals surface area contributed by atoms with E-state index >= 15 is 0 Å². The van der Waals surface area contributed by atoms with E-state index in [1.54, 1.807) is 12.3 Å². The number of rotatable bonds is 8. The molecule has 4 aromatic carbocycles. The fourth-order valence-electron chi connectivity index (χ4n) is 4.13. The second kappa shape index (κ2) is 10.3. The van der Waals surface area contributed by atoms with Crippen molar-refractivity contribution >= 4 is 29.4 Å². The number of hydrogen-bond donors (Lipinski definition) is 2. The van der Waals surface area contributed by atoms with Crippen molar-refractivity contribution < 1.29 is 10.2 Å². The predicted molar refractivity (Wildman–Crippen MR) is 146 cm³/mol. The Balaban J connectivity index is 1.89. The molecule has 4 aromatic rings. The minimum atomic E-state index is -2.03. The van der Waals surface area contributed by atoms with Crippen LogP contribution in [0.15, 0.2) is 114 Å². The number of phenols is 1. The largest absolute Gasteiger partial charge is 0.507 e. The Morgan fingerprint density at radius 2 is 1.21 bits per heavy atom. The van der Waals surface area contributed by atoms with Crippen LogP contribution in [0.3, 0.4) is 0 Å². The van der Waals surface area contributed by atoms with Crippen LogP contribution >= 0.6 is 7.26 Å². The summed E-state index contributed by atoms with van der Waals surface area (Å²) in [4.78, 5) is 4.49. The lowest BCUT2D eigenvalue weighted by atomic mass is 10.1. The molecule has 0 aromatic heterocycles. The van der Waals surface area contributed by atoms with Crippen LogP contribution in [0.2, 0.25) is 0 Å². The summed E-state index contributed by atoms with van der Waals surface area (Å²) in [7, 11) is -2.03. The van der Waals surface area contributed by atoms with Crippen molar-refractivity contribution in [2.24, 2.45) is 4.99 Å². The standard InChI is InChI=1S/C30H30NO2P/c1-30(2,23-32)31-21-25-20-24(18-19-29(25)33)22-34(26-12-6-3-7-13-26,27-14-8-4-9-15-27)28-16-10-5-11-17-28/h3-21,32H,22-23H2,1-2H3/p+1. The third-order valence-electron chi connectivity index (χ3n) is 6.04. The lowest BCUT2D eigenvalue weighted by Crippen LogP contribution is -2.32. The molecule has 34 heavy (non-hydrogen) atoms. The molecule has 3 nitrogen and oxygen atoms in total. The van der Waals surface area contributed by atoms with Gasteiger partial charge in [-0.2, -0.15) is 0 Å². The van der Waals surface area contributed by atoms with E-state index in [9.17, 15) is 10.2 Å². The molecule has 0 saturated heterocycles. The van der Waals surface area contributed by atoms with E-state index < -0.39 is 12.8 Å². The van der Waals surface area contributed by atoms with Crippen molar-refractivity contribution in [3.05, 3.63) is 120 Å². The van der Waals surface area contributed by atoms with Gasteiger partial charge in [-0.3, -0.25) is 4.99 Å². The Morgan fingerprint density at radius 1 is 0.735 bits per heavy atom. The lowest BCUT2D eigenvalue weighted by Gasteiger charge is -2.28. The van der Waals surface area contributed by atoms with Gasteiger partial charge in [0.25, 0.3) is 0 Å². The monoisotopic (exact) mass is 468 g/mol. The Morgan fingerprint density at radius 3 is 1.65 bits per heavy atom. The molecular weight excluding hydrogens is 437 g/mol. The van der Waals surface area contributed by atoms with E-state index in [4.69, 9.17) is 0 Å². The van der Waals surface area contributed by atoms with Gasteiger partial charge in [-0.15, -0.1) is 0 Å². The summed E-state index contributed by atoms with van der Waals surface area (Å²) in [6.45, 7) is 3.66. The fourth-order valence-corrected chi connectivity index (χ4v) is 8.36. The van der Waals surface area contributed by atoms with Crippen molar-refractivity contribution in [1.82, 2.24) is 0 Å². The van der Waals surface area contributed by atoms with Gasteiger partial charge in [0.05, 0.1) is 18.3 Å². The van der Waals surface area contributed by atoms with Crippen LogP contribution in [-0.4, -0.2) is 28.6 Å². The highest BCUT2D eigenvalue weighted by molar-refractivity contribution is 7.95. The molecule has 0 aliphatic rings. The molecule has 2 N–H and O–H groups in total. The highest BCUT2D eigenvalue weighted by Gasteiger charge is 2.45. The van der Waals surface area contributed by atoms with E-state index in [1.807, 2.05) is 26.0 Å². The number of nitrogens with zero attached hydrogens (tertiary/aromatic N) is 1. The number of benzene rings is 4. The molecule has 0 fully saturated rings. The smallest absolute Gasteiger partial charge is 0.124 e. The van der Waals surface area contributed by atoms with Crippen LogP contribution in [0, 0.1) is 0 Å². The average molecular weight is 469 g/mol. The first-order valence-electron chi connectivity index (χ1n) is 11.5. The van der Waals surface area contributed by atoms with E-state index in [-0.39, 0.29) is 12.4 Å². The lowest BCUT2D eigenvalue weighted by molar-refractivity contribution is 0.223. The molecule has 0 saturated carbocycles. The van der Waals surface area contributed by atoms with Crippen molar-refractivity contribution in [3.63, 3.8) is 0 Å². The molecule has 0 atom stereocenters. The van der Waals surface area contributed by atoms with Gasteiger partial charge in [0, 0.05) is 11.8 Å². The third-order valence-corrected chi connectivity index (χ3v) is 10.4. The zero-order chi connectivity index (χ0) is 24.0. The summed E-state index contributed by atoms with van der Waals surface area (Å²) < 4.78 is 0. The minimum absolute atomic E-state index is 0.0609. The van der Waals surface area contributed by atoms with Crippen LogP contribution < -0.4 is 15.9 Å². The van der Waals surface area contributed by atoms with Crippen LogP contribution in [0.1, 0.15) is 25.0 Å². The van der Waals surface area contributed by atoms with Crippen LogP contribution in [0.25, 0.3) is 0 Å².